The second-order valence-electron chi connectivity index (χ2n) is 4.20. The van der Waals surface area contributed by atoms with Crippen molar-refractivity contribution >= 4 is 11.6 Å². The average Bonchev–Trinajstić information content (AvgIpc) is 2.34. The van der Waals surface area contributed by atoms with Crippen LogP contribution in [0.5, 0.6) is 0 Å². The molecule has 0 aromatic heterocycles. The number of hydrogen-bond acceptors (Lipinski definition) is 3. The largest absolute Gasteiger partial charge is 0.401 e. The lowest BCUT2D eigenvalue weighted by Crippen LogP contribution is -2.32. The van der Waals surface area contributed by atoms with Gasteiger partial charge in [-0.2, -0.15) is 5.26 Å². The number of nitriles is 1. The zero-order chi connectivity index (χ0) is 12.3. The molecule has 17 heavy (non-hydrogen) atoms. The van der Waals surface area contributed by atoms with Crippen molar-refractivity contribution in [2.45, 2.75) is 13.0 Å². The van der Waals surface area contributed by atoms with E-state index in [1.54, 1.807) is 0 Å². The van der Waals surface area contributed by atoms with Gasteiger partial charge in [-0.15, -0.1) is 0 Å². The van der Waals surface area contributed by atoms with Crippen molar-refractivity contribution < 1.29 is 0 Å². The Morgan fingerprint density at radius 3 is 2.71 bits per heavy atom. The number of benzene rings is 1. The molecular weight excluding hydrogens is 234 g/mol. The van der Waals surface area contributed by atoms with Gasteiger partial charge >= 0.3 is 0 Å². The molecule has 1 aliphatic heterocycles. The average molecular weight is 248 g/mol. The number of nitrogens with zero attached hydrogens (tertiary/aromatic N) is 2. The molecule has 1 heterocycles. The smallest absolute Gasteiger partial charge is 0.0979 e. The van der Waals surface area contributed by atoms with Crippen molar-refractivity contribution in [2.24, 2.45) is 5.73 Å². The molecule has 0 saturated heterocycles. The molecule has 1 aliphatic rings. The van der Waals surface area contributed by atoms with Crippen LogP contribution in [0.25, 0.3) is 0 Å². The van der Waals surface area contributed by atoms with Gasteiger partial charge in [0.1, 0.15) is 0 Å². The second kappa shape index (κ2) is 5.22. The lowest BCUT2D eigenvalue weighted by molar-refractivity contribution is 0.280. The van der Waals surface area contributed by atoms with Gasteiger partial charge < -0.3 is 5.73 Å². The van der Waals surface area contributed by atoms with Crippen LogP contribution >= 0.6 is 11.6 Å². The number of rotatable bonds is 2. The Balaban J connectivity index is 2.02. The minimum atomic E-state index is 0.644. The molecule has 1 aromatic carbocycles. The molecule has 0 aliphatic carbocycles. The zero-order valence-electron chi connectivity index (χ0n) is 9.49. The van der Waals surface area contributed by atoms with Crippen molar-refractivity contribution in [1.82, 2.24) is 4.90 Å². The quantitative estimate of drug-likeness (QED) is 0.872. The summed E-state index contributed by atoms with van der Waals surface area (Å²) < 4.78 is 0. The van der Waals surface area contributed by atoms with Gasteiger partial charge in [-0.1, -0.05) is 23.7 Å². The third-order valence-electron chi connectivity index (χ3n) is 2.92. The van der Waals surface area contributed by atoms with Crippen LogP contribution in [0.1, 0.15) is 12.0 Å². The van der Waals surface area contributed by atoms with Gasteiger partial charge in [0.05, 0.1) is 11.6 Å². The van der Waals surface area contributed by atoms with E-state index in [1.807, 2.05) is 24.3 Å². The lowest BCUT2D eigenvalue weighted by atomic mass is 10.1. The fraction of sp³-hybridized carbons (Fsp3) is 0.308. The molecule has 3 nitrogen and oxygen atoms in total. The van der Waals surface area contributed by atoms with E-state index >= 15 is 0 Å². The number of hydrogen-bond donors (Lipinski definition) is 1. The fourth-order valence-electron chi connectivity index (χ4n) is 1.92. The van der Waals surface area contributed by atoms with Crippen molar-refractivity contribution in [2.75, 3.05) is 13.1 Å². The SMILES string of the molecule is N#CC1=C(N)CCN(Cc2ccc(Cl)cc2)C1. The lowest BCUT2D eigenvalue weighted by Gasteiger charge is -2.26. The van der Waals surface area contributed by atoms with Crippen LogP contribution in [0.15, 0.2) is 35.5 Å². The molecule has 0 fully saturated rings. The van der Waals surface area contributed by atoms with E-state index in [0.29, 0.717) is 12.1 Å². The predicted molar refractivity (Wildman–Crippen MR) is 68.2 cm³/mol. The summed E-state index contributed by atoms with van der Waals surface area (Å²) in [7, 11) is 0. The maximum atomic E-state index is 8.95. The van der Waals surface area contributed by atoms with Gasteiger partial charge in [0.25, 0.3) is 0 Å². The Morgan fingerprint density at radius 1 is 1.35 bits per heavy atom. The molecule has 0 atom stereocenters. The van der Waals surface area contributed by atoms with Crippen LogP contribution in [-0.4, -0.2) is 18.0 Å². The maximum Gasteiger partial charge on any atom is 0.0979 e. The zero-order valence-corrected chi connectivity index (χ0v) is 10.2. The van der Waals surface area contributed by atoms with Gasteiger partial charge in [-0.05, 0) is 17.7 Å². The van der Waals surface area contributed by atoms with Crippen molar-refractivity contribution in [1.29, 1.82) is 5.26 Å². The Kier molecular flexibility index (Phi) is 3.68. The summed E-state index contributed by atoms with van der Waals surface area (Å²) >= 11 is 5.84. The Bertz CT molecular complexity index is 470. The third kappa shape index (κ3) is 3.00. The highest BCUT2D eigenvalue weighted by Crippen LogP contribution is 2.17. The molecule has 0 spiro atoms. The van der Waals surface area contributed by atoms with Gasteiger partial charge in [0.15, 0.2) is 0 Å². The first kappa shape index (κ1) is 12.0. The van der Waals surface area contributed by atoms with Crippen LogP contribution in [-0.2, 0) is 6.54 Å². The summed E-state index contributed by atoms with van der Waals surface area (Å²) in [6.45, 7) is 2.38. The van der Waals surface area contributed by atoms with E-state index in [9.17, 15) is 0 Å². The molecule has 0 radical (unpaired) electrons. The number of halogens is 1. The topological polar surface area (TPSA) is 53.1 Å². The Morgan fingerprint density at radius 2 is 2.06 bits per heavy atom. The van der Waals surface area contributed by atoms with E-state index in [0.717, 1.165) is 30.2 Å². The molecule has 2 N–H and O–H groups in total. The van der Waals surface area contributed by atoms with Gasteiger partial charge in [-0.25, -0.2) is 0 Å². The summed E-state index contributed by atoms with van der Waals surface area (Å²) in [6, 6.07) is 9.96. The highest BCUT2D eigenvalue weighted by molar-refractivity contribution is 6.30. The van der Waals surface area contributed by atoms with Crippen LogP contribution in [0, 0.1) is 11.3 Å². The summed E-state index contributed by atoms with van der Waals surface area (Å²) in [5.41, 5.74) is 8.41. The standard InChI is InChI=1S/C13H14ClN3/c14-12-3-1-10(2-4-12)8-17-6-5-13(16)11(7-15)9-17/h1-4H,5-6,8-9,16H2. The summed E-state index contributed by atoms with van der Waals surface area (Å²) in [5.74, 6) is 0. The monoisotopic (exact) mass is 247 g/mol. The van der Waals surface area contributed by atoms with Gasteiger partial charge in [-0.3, -0.25) is 4.90 Å². The predicted octanol–water partition coefficient (Wildman–Crippen LogP) is 2.28. The summed E-state index contributed by atoms with van der Waals surface area (Å²) in [5, 5.41) is 9.69. The molecule has 0 unspecified atom stereocenters. The fourth-order valence-corrected chi connectivity index (χ4v) is 2.05. The van der Waals surface area contributed by atoms with Crippen molar-refractivity contribution in [3.05, 3.63) is 46.1 Å². The molecule has 1 aromatic rings. The maximum absolute atomic E-state index is 8.95. The van der Waals surface area contributed by atoms with Crippen LogP contribution < -0.4 is 5.73 Å². The highest BCUT2D eigenvalue weighted by Gasteiger charge is 2.16. The molecule has 0 amide bonds. The normalized spacial score (nSPS) is 16.9. The van der Waals surface area contributed by atoms with Crippen molar-refractivity contribution in [3.8, 4) is 6.07 Å². The molecular formula is C13H14ClN3. The van der Waals surface area contributed by atoms with Crippen LogP contribution in [0.2, 0.25) is 5.02 Å². The van der Waals surface area contributed by atoms with Crippen molar-refractivity contribution in [3.63, 3.8) is 0 Å². The minimum absolute atomic E-state index is 0.644. The summed E-state index contributed by atoms with van der Waals surface area (Å²) in [6.07, 6.45) is 0.774. The summed E-state index contributed by atoms with van der Waals surface area (Å²) in [4.78, 5) is 2.22. The molecule has 4 heteroatoms. The second-order valence-corrected chi connectivity index (χ2v) is 4.64. The van der Waals surface area contributed by atoms with Crippen LogP contribution in [0.3, 0.4) is 0 Å². The first-order valence-corrected chi connectivity index (χ1v) is 5.91. The Hall–Kier alpha value is -1.50. The van der Waals surface area contributed by atoms with Gasteiger partial charge in [0.2, 0.25) is 0 Å². The first-order chi connectivity index (χ1) is 8.19. The highest BCUT2D eigenvalue weighted by atomic mass is 35.5. The third-order valence-corrected chi connectivity index (χ3v) is 3.17. The van der Waals surface area contributed by atoms with E-state index in [4.69, 9.17) is 22.6 Å². The molecule has 88 valence electrons. The van der Waals surface area contributed by atoms with E-state index < -0.39 is 0 Å². The van der Waals surface area contributed by atoms with Gasteiger partial charge in [0, 0.05) is 36.8 Å². The molecule has 0 saturated carbocycles. The number of nitrogens with two attached hydrogens (primary N) is 1. The van der Waals surface area contributed by atoms with Crippen LogP contribution in [0.4, 0.5) is 0 Å². The minimum Gasteiger partial charge on any atom is -0.401 e. The van der Waals surface area contributed by atoms with E-state index in [1.165, 1.54) is 5.56 Å². The van der Waals surface area contributed by atoms with E-state index in [2.05, 4.69) is 11.0 Å². The first-order valence-electron chi connectivity index (χ1n) is 5.53. The Labute approximate surface area is 106 Å². The van der Waals surface area contributed by atoms with E-state index in [-0.39, 0.29) is 0 Å². The molecule has 2 rings (SSSR count). The molecule has 0 bridgehead atoms.